The minimum atomic E-state index is 0.544. The quantitative estimate of drug-likeness (QED) is 0.504. The van der Waals surface area contributed by atoms with E-state index < -0.39 is 0 Å². The molecule has 0 N–H and O–H groups in total. The van der Waals surface area contributed by atoms with E-state index >= 15 is 0 Å². The third-order valence-electron chi connectivity index (χ3n) is 3.38. The topological polar surface area (TPSA) is 69.6 Å². The molecule has 120 valence electrons. The Hall–Kier alpha value is -2.45. The lowest BCUT2D eigenvalue weighted by molar-refractivity contribution is 0.391. The van der Waals surface area contributed by atoms with E-state index in [0.29, 0.717) is 17.5 Å². The van der Waals surface area contributed by atoms with Gasteiger partial charge in [0.25, 0.3) is 0 Å². The molecule has 0 amide bonds. The van der Waals surface area contributed by atoms with E-state index in [-0.39, 0.29) is 0 Å². The van der Waals surface area contributed by atoms with Crippen LogP contribution < -0.4 is 0 Å². The minimum absolute atomic E-state index is 0.544. The van der Waals surface area contributed by atoms with Crippen LogP contribution in [0, 0.1) is 6.92 Å². The van der Waals surface area contributed by atoms with Crippen molar-refractivity contribution in [1.82, 2.24) is 24.9 Å². The van der Waals surface area contributed by atoms with Crippen molar-refractivity contribution < 1.29 is 4.52 Å². The van der Waals surface area contributed by atoms with Gasteiger partial charge in [0.05, 0.1) is 5.75 Å². The van der Waals surface area contributed by atoms with Gasteiger partial charge in [-0.3, -0.25) is 4.57 Å². The first-order chi connectivity index (χ1) is 11.8. The second-order valence-corrected chi connectivity index (χ2v) is 6.74. The van der Waals surface area contributed by atoms with Crippen molar-refractivity contribution in [3.63, 3.8) is 0 Å². The van der Waals surface area contributed by atoms with Crippen molar-refractivity contribution in [3.8, 4) is 17.1 Å². The maximum atomic E-state index is 5.33. The largest absolute Gasteiger partial charge is 0.338 e. The third-order valence-corrected chi connectivity index (χ3v) is 4.98. The zero-order valence-corrected chi connectivity index (χ0v) is 14.4. The molecule has 6 nitrogen and oxygen atoms in total. The molecule has 0 aliphatic carbocycles. The van der Waals surface area contributed by atoms with Crippen molar-refractivity contribution in [2.24, 2.45) is 0 Å². The fourth-order valence-electron chi connectivity index (χ4n) is 2.26. The fraction of sp³-hybridized carbons (Fsp3) is 0.125. The molecule has 4 rings (SSSR count). The molecule has 0 aliphatic rings. The Morgan fingerprint density at radius 1 is 1.17 bits per heavy atom. The van der Waals surface area contributed by atoms with Gasteiger partial charge in [0.15, 0.2) is 5.16 Å². The number of thioether (sulfide) groups is 1. The van der Waals surface area contributed by atoms with Crippen molar-refractivity contribution in [3.05, 3.63) is 58.9 Å². The maximum absolute atomic E-state index is 5.33. The van der Waals surface area contributed by atoms with Gasteiger partial charge >= 0.3 is 0 Å². The van der Waals surface area contributed by atoms with Crippen molar-refractivity contribution in [2.45, 2.75) is 17.8 Å². The van der Waals surface area contributed by atoms with E-state index in [2.05, 4.69) is 20.3 Å². The SMILES string of the molecule is Cc1nnc(SCc2nc(-c3ccsc3)no2)n1-c1ccccc1. The Morgan fingerprint density at radius 3 is 2.83 bits per heavy atom. The molecule has 1 aromatic carbocycles. The normalized spacial score (nSPS) is 11.0. The Labute approximate surface area is 146 Å². The van der Waals surface area contributed by atoms with Gasteiger partial charge < -0.3 is 4.52 Å². The number of thiophene rings is 1. The van der Waals surface area contributed by atoms with Gasteiger partial charge in [-0.2, -0.15) is 16.3 Å². The minimum Gasteiger partial charge on any atom is -0.338 e. The standard InChI is InChI=1S/C16H13N5OS2/c1-11-18-19-16(21(11)13-5-3-2-4-6-13)24-10-14-17-15(20-22-14)12-7-8-23-9-12/h2-9H,10H2,1H3. The molecule has 3 aromatic heterocycles. The summed E-state index contributed by atoms with van der Waals surface area (Å²) in [4.78, 5) is 4.43. The van der Waals surface area contributed by atoms with E-state index in [1.54, 1.807) is 11.3 Å². The van der Waals surface area contributed by atoms with Crippen LogP contribution in [0.4, 0.5) is 0 Å². The first kappa shape index (κ1) is 15.1. The molecular formula is C16H13N5OS2. The summed E-state index contributed by atoms with van der Waals surface area (Å²) in [6.07, 6.45) is 0. The Morgan fingerprint density at radius 2 is 2.04 bits per heavy atom. The van der Waals surface area contributed by atoms with E-state index in [9.17, 15) is 0 Å². The van der Waals surface area contributed by atoms with Crippen LogP contribution in [0.2, 0.25) is 0 Å². The summed E-state index contributed by atoms with van der Waals surface area (Å²) in [5.74, 6) is 2.57. The second-order valence-electron chi connectivity index (χ2n) is 5.01. The molecular weight excluding hydrogens is 342 g/mol. The van der Waals surface area contributed by atoms with Crippen LogP contribution >= 0.6 is 23.1 Å². The lowest BCUT2D eigenvalue weighted by atomic mass is 10.3. The molecule has 0 atom stereocenters. The van der Waals surface area contributed by atoms with Crippen LogP contribution in [0.1, 0.15) is 11.7 Å². The molecule has 4 aromatic rings. The van der Waals surface area contributed by atoms with Crippen molar-refractivity contribution in [1.29, 1.82) is 0 Å². The van der Waals surface area contributed by atoms with Gasteiger partial charge in [0, 0.05) is 16.6 Å². The van der Waals surface area contributed by atoms with Crippen LogP contribution in [0.25, 0.3) is 17.1 Å². The molecule has 0 radical (unpaired) electrons. The zero-order valence-electron chi connectivity index (χ0n) is 12.8. The third kappa shape index (κ3) is 2.98. The van der Waals surface area contributed by atoms with Crippen molar-refractivity contribution >= 4 is 23.1 Å². The number of aromatic nitrogens is 5. The smallest absolute Gasteiger partial charge is 0.237 e. The molecule has 0 saturated heterocycles. The maximum Gasteiger partial charge on any atom is 0.237 e. The highest BCUT2D eigenvalue weighted by atomic mass is 32.2. The average Bonchev–Trinajstić information content (AvgIpc) is 3.34. The van der Waals surface area contributed by atoms with Gasteiger partial charge in [-0.05, 0) is 30.5 Å². The highest BCUT2D eigenvalue weighted by molar-refractivity contribution is 7.98. The van der Waals surface area contributed by atoms with Crippen LogP contribution in [0.5, 0.6) is 0 Å². The molecule has 24 heavy (non-hydrogen) atoms. The summed E-state index contributed by atoms with van der Waals surface area (Å²) in [6, 6.07) is 12.0. The Balaban J connectivity index is 1.53. The first-order valence-corrected chi connectivity index (χ1v) is 9.19. The highest BCUT2D eigenvalue weighted by Crippen LogP contribution is 2.26. The highest BCUT2D eigenvalue weighted by Gasteiger charge is 2.14. The van der Waals surface area contributed by atoms with Gasteiger partial charge in [-0.15, -0.1) is 10.2 Å². The molecule has 0 spiro atoms. The molecule has 3 heterocycles. The average molecular weight is 355 g/mol. The summed E-state index contributed by atoms with van der Waals surface area (Å²) in [7, 11) is 0. The number of hydrogen-bond donors (Lipinski definition) is 0. The predicted octanol–water partition coefficient (Wildman–Crippen LogP) is 3.98. The van der Waals surface area contributed by atoms with Gasteiger partial charge in [0.2, 0.25) is 11.7 Å². The summed E-state index contributed by atoms with van der Waals surface area (Å²) >= 11 is 3.13. The molecule has 0 fully saturated rings. The van der Waals surface area contributed by atoms with Crippen LogP contribution in [-0.2, 0) is 5.75 Å². The summed E-state index contributed by atoms with van der Waals surface area (Å²) in [6.45, 7) is 1.94. The molecule has 0 bridgehead atoms. The van der Waals surface area contributed by atoms with E-state index in [0.717, 1.165) is 22.2 Å². The second kappa shape index (κ2) is 6.58. The van der Waals surface area contributed by atoms with Gasteiger partial charge in [-0.25, -0.2) is 0 Å². The number of nitrogens with zero attached hydrogens (tertiary/aromatic N) is 5. The number of benzene rings is 1. The Bertz CT molecular complexity index is 931. The first-order valence-electron chi connectivity index (χ1n) is 7.26. The summed E-state index contributed by atoms with van der Waals surface area (Å²) in [5.41, 5.74) is 2.01. The van der Waals surface area contributed by atoms with Gasteiger partial charge in [0.1, 0.15) is 5.82 Å². The van der Waals surface area contributed by atoms with E-state index in [1.165, 1.54) is 11.8 Å². The van der Waals surface area contributed by atoms with Crippen LogP contribution in [0.3, 0.4) is 0 Å². The van der Waals surface area contributed by atoms with E-state index in [4.69, 9.17) is 4.52 Å². The molecule has 0 aliphatic heterocycles. The zero-order chi connectivity index (χ0) is 16.4. The monoisotopic (exact) mass is 355 g/mol. The van der Waals surface area contributed by atoms with Crippen LogP contribution in [0.15, 0.2) is 56.8 Å². The van der Waals surface area contributed by atoms with Gasteiger partial charge in [-0.1, -0.05) is 35.1 Å². The van der Waals surface area contributed by atoms with Crippen molar-refractivity contribution in [2.75, 3.05) is 0 Å². The van der Waals surface area contributed by atoms with Crippen LogP contribution in [-0.4, -0.2) is 24.9 Å². The fourth-order valence-corrected chi connectivity index (χ4v) is 3.73. The number of hydrogen-bond acceptors (Lipinski definition) is 7. The summed E-state index contributed by atoms with van der Waals surface area (Å²) in [5, 5.41) is 17.2. The molecule has 0 unspecified atom stereocenters. The van der Waals surface area contributed by atoms with E-state index in [1.807, 2.05) is 58.6 Å². The lowest BCUT2D eigenvalue weighted by Crippen LogP contribution is -1.98. The number of aryl methyl sites for hydroxylation is 1. The predicted molar refractivity (Wildman–Crippen MR) is 93.3 cm³/mol. The molecule has 8 heteroatoms. The summed E-state index contributed by atoms with van der Waals surface area (Å²) < 4.78 is 7.34. The Kier molecular flexibility index (Phi) is 4.14. The number of rotatable bonds is 5. The lowest BCUT2D eigenvalue weighted by Gasteiger charge is -2.06. The number of para-hydroxylation sites is 1. The molecule has 0 saturated carbocycles.